The van der Waals surface area contributed by atoms with Gasteiger partial charge < -0.3 is 46.5 Å². The minimum absolute atomic E-state index is 0.0930. The maximum atomic E-state index is 14.1. The summed E-state index contributed by atoms with van der Waals surface area (Å²) >= 11 is 0. The highest BCUT2D eigenvalue weighted by Crippen LogP contribution is 2.39. The number of carbonyl (C=O) groups excluding carboxylic acids is 7. The molecule has 0 aromatic heterocycles. The Balaban J connectivity index is 1.19. The number of urea groups is 1. The topological polar surface area (TPSA) is 249 Å². The fourth-order valence-electron chi connectivity index (χ4n) is 7.52. The maximum Gasteiger partial charge on any atom is 0.312 e. The second kappa shape index (κ2) is 22.9. The molecule has 6 atom stereocenters. The van der Waals surface area contributed by atoms with E-state index in [-0.39, 0.29) is 69.5 Å². The second-order valence-electron chi connectivity index (χ2n) is 15.9. The van der Waals surface area contributed by atoms with Crippen molar-refractivity contribution in [2.75, 3.05) is 31.5 Å². The highest BCUT2D eigenvalue weighted by molar-refractivity contribution is 6.12. The molecule has 2 aromatic rings. The summed E-state index contributed by atoms with van der Waals surface area (Å²) in [5.41, 5.74) is 8.86. The highest BCUT2D eigenvalue weighted by Gasteiger charge is 2.55. The van der Waals surface area contributed by atoms with Gasteiger partial charge in [0.05, 0.1) is 12.5 Å². The lowest BCUT2D eigenvalue weighted by atomic mass is 10.0. The number of unbranched alkanes of at least 4 members (excludes halogenated alkanes) is 2. The second-order valence-corrected chi connectivity index (χ2v) is 15.9. The molecule has 336 valence electrons. The summed E-state index contributed by atoms with van der Waals surface area (Å²) in [6.45, 7) is 4.16. The summed E-state index contributed by atoms with van der Waals surface area (Å²) < 4.78 is 31.0. The molecule has 0 saturated carbocycles. The number of nitrogens with zero attached hydrogens (tertiary/aromatic N) is 1. The first kappa shape index (κ1) is 47.3. The molecule has 0 aliphatic carbocycles. The van der Waals surface area contributed by atoms with Gasteiger partial charge >= 0.3 is 6.03 Å². The lowest BCUT2D eigenvalue weighted by Gasteiger charge is -2.26. The molecule has 2 saturated heterocycles. The van der Waals surface area contributed by atoms with E-state index in [1.807, 2.05) is 18.2 Å². The first-order chi connectivity index (χ1) is 29.7. The number of nitrogens with two attached hydrogens (primary N) is 1. The third-order valence-electron chi connectivity index (χ3n) is 10.6. The van der Waals surface area contributed by atoms with Gasteiger partial charge in [0.25, 0.3) is 11.8 Å². The molecule has 18 nitrogen and oxygen atoms in total. The van der Waals surface area contributed by atoms with Crippen LogP contribution in [0.1, 0.15) is 69.9 Å². The molecular weight excluding hydrogens is 808 g/mol. The standard InChI is InChI=1S/C43H57FN8O10/c1-43(2)61-38-32(60-33(39(38)62-43)26-47-34(53)13-7-4-8-23-52-36(55)18-19-37(52)56)25-35(54)50-31(24-28-10-5-3-6-11-28)41(58)51-30(12-9-21-46-42(45)59)40(57)49-29-16-14-27(15-17-29)20-22-48-44/h3,5-6,10-11,14-19,30-33,38-39,48H,4,7-9,12-13,20-26H2,1-2H3,(H,47,53)(H,49,57)(H,50,54)(H,51,58)(H3,45,46,59)/t30?,31-,32-,33-,38?,39?/m1/s1. The number of halogens is 1. The van der Waals surface area contributed by atoms with Gasteiger partial charge in [-0.05, 0) is 69.2 Å². The van der Waals surface area contributed by atoms with E-state index in [1.165, 1.54) is 17.1 Å². The molecule has 19 heteroatoms. The van der Waals surface area contributed by atoms with Gasteiger partial charge in [0.2, 0.25) is 23.6 Å². The van der Waals surface area contributed by atoms with E-state index in [1.54, 1.807) is 55.8 Å². The minimum Gasteiger partial charge on any atom is -0.367 e. The number of amides is 8. The molecule has 2 fully saturated rings. The largest absolute Gasteiger partial charge is 0.367 e. The summed E-state index contributed by atoms with van der Waals surface area (Å²) in [6.07, 6.45) is 2.53. The molecule has 3 aliphatic heterocycles. The fraction of sp³-hybridized carbons (Fsp3) is 0.512. The highest BCUT2D eigenvalue weighted by atomic mass is 19.2. The zero-order valence-corrected chi connectivity index (χ0v) is 35.0. The average Bonchev–Trinajstić information content (AvgIpc) is 3.85. The Bertz CT molecular complexity index is 1900. The lowest BCUT2D eigenvalue weighted by molar-refractivity contribution is -0.187. The number of primary amides is 1. The molecule has 3 unspecified atom stereocenters. The molecule has 5 rings (SSSR count). The quantitative estimate of drug-likeness (QED) is 0.0454. The molecule has 8 N–H and O–H groups in total. The predicted molar refractivity (Wildman–Crippen MR) is 223 cm³/mol. The molecular formula is C43H57FN8O10. The van der Waals surface area contributed by atoms with Gasteiger partial charge in [0.15, 0.2) is 5.79 Å². The van der Waals surface area contributed by atoms with Crippen LogP contribution in [0.2, 0.25) is 0 Å². The van der Waals surface area contributed by atoms with Crippen LogP contribution in [-0.4, -0.2) is 115 Å². The van der Waals surface area contributed by atoms with Crippen molar-refractivity contribution in [2.24, 2.45) is 5.73 Å². The minimum atomic E-state index is -1.12. The van der Waals surface area contributed by atoms with Crippen LogP contribution in [0.4, 0.5) is 15.0 Å². The monoisotopic (exact) mass is 864 g/mol. The number of nitrogens with one attached hydrogen (secondary N) is 6. The summed E-state index contributed by atoms with van der Waals surface area (Å²) in [5, 5.41) is 13.8. The number of carbonyl (C=O) groups is 7. The number of hydrogen-bond acceptors (Lipinski definition) is 11. The van der Waals surface area contributed by atoms with Gasteiger partial charge in [-0.2, -0.15) is 5.54 Å². The van der Waals surface area contributed by atoms with Crippen molar-refractivity contribution in [3.05, 3.63) is 77.9 Å². The Morgan fingerprint density at radius 3 is 2.15 bits per heavy atom. The lowest BCUT2D eigenvalue weighted by Crippen LogP contribution is -2.54. The van der Waals surface area contributed by atoms with Crippen LogP contribution in [0.25, 0.3) is 0 Å². The van der Waals surface area contributed by atoms with Crippen LogP contribution in [-0.2, 0) is 55.8 Å². The van der Waals surface area contributed by atoms with Crippen molar-refractivity contribution in [1.29, 1.82) is 0 Å². The van der Waals surface area contributed by atoms with Crippen molar-refractivity contribution in [1.82, 2.24) is 31.7 Å². The van der Waals surface area contributed by atoms with Crippen molar-refractivity contribution in [3.8, 4) is 0 Å². The molecule has 3 heterocycles. The number of benzene rings is 2. The number of hydrogen-bond donors (Lipinski definition) is 7. The van der Waals surface area contributed by atoms with Crippen LogP contribution >= 0.6 is 0 Å². The first-order valence-electron chi connectivity index (χ1n) is 20.9. The summed E-state index contributed by atoms with van der Waals surface area (Å²) in [6, 6.07) is 12.9. The Kier molecular flexibility index (Phi) is 17.5. The molecule has 3 aliphatic rings. The number of rotatable bonds is 24. The van der Waals surface area contributed by atoms with Crippen LogP contribution < -0.4 is 37.9 Å². The molecule has 0 bridgehead atoms. The van der Waals surface area contributed by atoms with Crippen molar-refractivity contribution in [3.63, 3.8) is 0 Å². The van der Waals surface area contributed by atoms with Gasteiger partial charge in [-0.1, -0.05) is 48.9 Å². The summed E-state index contributed by atoms with van der Waals surface area (Å²) in [7, 11) is 0. The molecule has 0 radical (unpaired) electrons. The van der Waals surface area contributed by atoms with Gasteiger partial charge in [0.1, 0.15) is 30.4 Å². The van der Waals surface area contributed by atoms with Crippen molar-refractivity contribution >= 4 is 47.2 Å². The predicted octanol–water partition coefficient (Wildman–Crippen LogP) is 1.58. The normalized spacial score (nSPS) is 20.9. The number of imide groups is 1. The summed E-state index contributed by atoms with van der Waals surface area (Å²) in [5.74, 6) is -3.55. The van der Waals surface area contributed by atoms with Gasteiger partial charge in [-0.3, -0.25) is 33.7 Å². The van der Waals surface area contributed by atoms with Gasteiger partial charge in [0, 0.05) is 56.9 Å². The average molecular weight is 865 g/mol. The number of anilines is 1. The van der Waals surface area contributed by atoms with E-state index in [4.69, 9.17) is 19.9 Å². The van der Waals surface area contributed by atoms with Crippen molar-refractivity contribution < 1.29 is 52.3 Å². The van der Waals surface area contributed by atoms with E-state index in [9.17, 15) is 38.0 Å². The summed E-state index contributed by atoms with van der Waals surface area (Å²) in [4.78, 5) is 90.2. The smallest absolute Gasteiger partial charge is 0.312 e. The third kappa shape index (κ3) is 14.4. The fourth-order valence-corrected chi connectivity index (χ4v) is 7.52. The van der Waals surface area contributed by atoms with Crippen LogP contribution in [0.15, 0.2) is 66.7 Å². The van der Waals surface area contributed by atoms with E-state index in [0.29, 0.717) is 37.9 Å². The number of ether oxygens (including phenoxy) is 3. The van der Waals surface area contributed by atoms with E-state index >= 15 is 0 Å². The zero-order chi connectivity index (χ0) is 44.6. The molecule has 62 heavy (non-hydrogen) atoms. The van der Waals surface area contributed by atoms with Crippen LogP contribution in [0, 0.1) is 0 Å². The molecule has 0 spiro atoms. The van der Waals surface area contributed by atoms with E-state index in [2.05, 4.69) is 26.6 Å². The first-order valence-corrected chi connectivity index (χ1v) is 20.9. The Labute approximate surface area is 359 Å². The SMILES string of the molecule is CC1(C)OC2C(O1)[C@@H](CC(=O)N[C@H](Cc1ccccc1)C(=O)NC(CCCNC(N)=O)C(=O)Nc1ccc(CCNF)cc1)O[C@@H]2CNC(=O)CCCCCN1C(=O)C=CC1=O. The molecule has 2 aromatic carbocycles. The third-order valence-corrected chi connectivity index (χ3v) is 10.6. The Morgan fingerprint density at radius 2 is 1.47 bits per heavy atom. The molecule has 8 amide bonds. The van der Waals surface area contributed by atoms with E-state index in [0.717, 1.165) is 11.1 Å². The van der Waals surface area contributed by atoms with Gasteiger partial charge in [-0.15, -0.1) is 4.48 Å². The van der Waals surface area contributed by atoms with Crippen molar-refractivity contribution in [2.45, 2.75) is 114 Å². The zero-order valence-electron chi connectivity index (χ0n) is 35.0. The van der Waals surface area contributed by atoms with Crippen LogP contribution in [0.3, 0.4) is 0 Å². The van der Waals surface area contributed by atoms with E-state index < -0.39 is 66.0 Å². The van der Waals surface area contributed by atoms with Crippen LogP contribution in [0.5, 0.6) is 0 Å². The Morgan fingerprint density at radius 1 is 0.774 bits per heavy atom. The van der Waals surface area contributed by atoms with Gasteiger partial charge in [-0.25, -0.2) is 4.79 Å². The Hall–Kier alpha value is -5.76. The number of fused-ring (bicyclic) bond motifs is 1. The maximum absolute atomic E-state index is 14.1.